The summed E-state index contributed by atoms with van der Waals surface area (Å²) in [6, 6.07) is 3.15. The zero-order valence-corrected chi connectivity index (χ0v) is 14.8. The SMILES string of the molecule is Cc1nc(Cl)c2c(C=S)nn(-c3c(Cl)cc(Cl)cc3Cl)c2n1. The molecule has 0 aliphatic rings. The molecule has 22 heavy (non-hydrogen) atoms. The van der Waals surface area contributed by atoms with E-state index in [4.69, 9.17) is 58.6 Å². The van der Waals surface area contributed by atoms with E-state index in [0.29, 0.717) is 43.3 Å². The van der Waals surface area contributed by atoms with E-state index in [0.717, 1.165) is 0 Å². The molecular formula is C13H6Cl4N4S. The molecule has 2 aromatic heterocycles. The maximum absolute atomic E-state index is 6.26. The third kappa shape index (κ3) is 2.57. The molecule has 3 rings (SSSR count). The van der Waals surface area contributed by atoms with E-state index in [1.807, 2.05) is 0 Å². The molecule has 0 spiro atoms. The van der Waals surface area contributed by atoms with E-state index in [-0.39, 0.29) is 5.15 Å². The molecule has 0 bridgehead atoms. The molecule has 0 saturated heterocycles. The molecule has 0 amide bonds. The molecule has 0 N–H and O–H groups in total. The molecule has 112 valence electrons. The fraction of sp³-hybridized carbons (Fsp3) is 0.0769. The summed E-state index contributed by atoms with van der Waals surface area (Å²) in [5.41, 5.74) is 1.40. The van der Waals surface area contributed by atoms with Crippen LogP contribution in [0.2, 0.25) is 20.2 Å². The van der Waals surface area contributed by atoms with Crippen molar-refractivity contribution in [3.8, 4) is 5.69 Å². The molecule has 0 saturated carbocycles. The quantitative estimate of drug-likeness (QED) is 0.451. The van der Waals surface area contributed by atoms with Crippen LogP contribution in [0.3, 0.4) is 0 Å². The van der Waals surface area contributed by atoms with Crippen LogP contribution in [0.1, 0.15) is 11.5 Å². The van der Waals surface area contributed by atoms with Gasteiger partial charge in [-0.3, -0.25) is 0 Å². The van der Waals surface area contributed by atoms with Crippen LogP contribution < -0.4 is 0 Å². The van der Waals surface area contributed by atoms with Crippen LogP contribution in [0.4, 0.5) is 0 Å². The number of hydrogen-bond donors (Lipinski definition) is 0. The Hall–Kier alpha value is -0.980. The highest BCUT2D eigenvalue weighted by atomic mass is 35.5. The van der Waals surface area contributed by atoms with Crippen molar-refractivity contribution >= 4 is 75.0 Å². The van der Waals surface area contributed by atoms with Crippen LogP contribution in [0.15, 0.2) is 12.1 Å². The number of nitrogens with zero attached hydrogens (tertiary/aromatic N) is 4. The molecule has 4 nitrogen and oxygen atoms in total. The highest BCUT2D eigenvalue weighted by Gasteiger charge is 2.20. The van der Waals surface area contributed by atoms with Gasteiger partial charge >= 0.3 is 0 Å². The Bertz CT molecular complexity index is 899. The van der Waals surface area contributed by atoms with Gasteiger partial charge in [-0.2, -0.15) is 5.10 Å². The van der Waals surface area contributed by atoms with Crippen LogP contribution in [-0.2, 0) is 0 Å². The van der Waals surface area contributed by atoms with E-state index < -0.39 is 0 Å². The molecule has 0 aliphatic carbocycles. The zero-order valence-electron chi connectivity index (χ0n) is 10.9. The maximum atomic E-state index is 6.26. The van der Waals surface area contributed by atoms with E-state index in [9.17, 15) is 0 Å². The number of rotatable bonds is 2. The predicted molar refractivity (Wildman–Crippen MR) is 94.2 cm³/mol. The summed E-state index contributed by atoms with van der Waals surface area (Å²) in [4.78, 5) is 8.50. The van der Waals surface area contributed by atoms with Gasteiger partial charge in [0.15, 0.2) is 5.65 Å². The van der Waals surface area contributed by atoms with Crippen molar-refractivity contribution < 1.29 is 0 Å². The number of aromatic nitrogens is 4. The Morgan fingerprint density at radius 1 is 1.09 bits per heavy atom. The van der Waals surface area contributed by atoms with Gasteiger partial charge in [-0.05, 0) is 19.1 Å². The summed E-state index contributed by atoms with van der Waals surface area (Å²) in [5.74, 6) is 0.496. The van der Waals surface area contributed by atoms with Gasteiger partial charge in [-0.25, -0.2) is 14.6 Å². The molecule has 9 heteroatoms. The third-order valence-corrected chi connectivity index (χ3v) is 4.22. The lowest BCUT2D eigenvalue weighted by atomic mass is 10.3. The molecule has 0 aliphatic heterocycles. The van der Waals surface area contributed by atoms with E-state index in [1.54, 1.807) is 19.1 Å². The fourth-order valence-corrected chi connectivity index (χ4v) is 3.52. The Morgan fingerprint density at radius 2 is 1.73 bits per heavy atom. The van der Waals surface area contributed by atoms with Gasteiger partial charge in [0.05, 0.1) is 15.4 Å². The minimum absolute atomic E-state index is 0.269. The van der Waals surface area contributed by atoms with Gasteiger partial charge in [-0.15, -0.1) is 0 Å². The first-order chi connectivity index (χ1) is 10.4. The fourth-order valence-electron chi connectivity index (χ4n) is 2.08. The average molecular weight is 392 g/mol. The van der Waals surface area contributed by atoms with Gasteiger partial charge in [0, 0.05) is 10.4 Å². The van der Waals surface area contributed by atoms with Crippen molar-refractivity contribution in [3.63, 3.8) is 0 Å². The first-order valence-corrected chi connectivity index (χ1v) is 7.93. The van der Waals surface area contributed by atoms with Crippen molar-refractivity contribution in [1.82, 2.24) is 19.7 Å². The van der Waals surface area contributed by atoms with Gasteiger partial charge in [0.1, 0.15) is 22.4 Å². The largest absolute Gasteiger partial charge is 0.221 e. The third-order valence-electron chi connectivity index (χ3n) is 2.93. The topological polar surface area (TPSA) is 43.6 Å². The Labute approximate surface area is 151 Å². The minimum Gasteiger partial charge on any atom is -0.221 e. The Balaban J connectivity index is 2.45. The number of hydrogen-bond acceptors (Lipinski definition) is 4. The zero-order chi connectivity index (χ0) is 16.0. The average Bonchev–Trinajstić information content (AvgIpc) is 2.76. The molecule has 0 fully saturated rings. The van der Waals surface area contributed by atoms with Crippen molar-refractivity contribution in [2.75, 3.05) is 0 Å². The molecule has 1 aromatic carbocycles. The number of aryl methyl sites for hydroxylation is 1. The van der Waals surface area contributed by atoms with Crippen molar-refractivity contribution in [3.05, 3.63) is 43.9 Å². The number of thiocarbonyl (C=S) groups is 1. The van der Waals surface area contributed by atoms with E-state index in [2.05, 4.69) is 15.1 Å². The second kappa shape index (κ2) is 5.91. The van der Waals surface area contributed by atoms with Crippen LogP contribution in [0.25, 0.3) is 16.7 Å². The number of fused-ring (bicyclic) bond motifs is 1. The number of halogens is 4. The normalized spacial score (nSPS) is 11.1. The lowest BCUT2D eigenvalue weighted by Gasteiger charge is -2.08. The molecular weight excluding hydrogens is 386 g/mol. The van der Waals surface area contributed by atoms with Gasteiger partial charge in [0.25, 0.3) is 0 Å². The Kier molecular flexibility index (Phi) is 4.27. The van der Waals surface area contributed by atoms with Crippen LogP contribution in [0, 0.1) is 6.92 Å². The highest BCUT2D eigenvalue weighted by molar-refractivity contribution is 7.79. The predicted octanol–water partition coefficient (Wildman–Crippen LogP) is 5.09. The van der Waals surface area contributed by atoms with Crippen molar-refractivity contribution in [2.45, 2.75) is 6.92 Å². The molecule has 2 heterocycles. The summed E-state index contributed by atoms with van der Waals surface area (Å²) in [6.45, 7) is 1.73. The smallest absolute Gasteiger partial charge is 0.168 e. The van der Waals surface area contributed by atoms with Gasteiger partial charge in [0.2, 0.25) is 0 Å². The second-order valence-electron chi connectivity index (χ2n) is 4.39. The summed E-state index contributed by atoms with van der Waals surface area (Å²) >= 11 is 29.6. The lowest BCUT2D eigenvalue weighted by Crippen LogP contribution is -2.01. The first kappa shape index (κ1) is 15.9. The molecule has 0 radical (unpaired) electrons. The standard InChI is InChI=1S/C13H6Cl4N4S/c1-5-18-12(17)10-9(4-22)20-21(13(10)19-5)11-7(15)2-6(14)3-8(11)16/h2-4H,1H3. The molecule has 0 atom stereocenters. The van der Waals surface area contributed by atoms with Crippen molar-refractivity contribution in [2.24, 2.45) is 0 Å². The van der Waals surface area contributed by atoms with Crippen LogP contribution in [-0.4, -0.2) is 25.1 Å². The monoisotopic (exact) mass is 390 g/mol. The lowest BCUT2D eigenvalue weighted by molar-refractivity contribution is 0.887. The first-order valence-electron chi connectivity index (χ1n) is 5.95. The molecule has 3 aromatic rings. The molecule has 0 unspecified atom stereocenters. The summed E-state index contributed by atoms with van der Waals surface area (Å²) in [5, 5.41) is 7.71. The van der Waals surface area contributed by atoms with E-state index in [1.165, 1.54) is 10.0 Å². The van der Waals surface area contributed by atoms with E-state index >= 15 is 0 Å². The van der Waals surface area contributed by atoms with Gasteiger partial charge in [-0.1, -0.05) is 58.6 Å². The Morgan fingerprint density at radius 3 is 2.32 bits per heavy atom. The minimum atomic E-state index is 0.269. The summed E-state index contributed by atoms with van der Waals surface area (Å²) in [7, 11) is 0. The second-order valence-corrected chi connectivity index (χ2v) is 6.24. The van der Waals surface area contributed by atoms with Crippen LogP contribution >= 0.6 is 58.6 Å². The number of benzene rings is 1. The van der Waals surface area contributed by atoms with Crippen molar-refractivity contribution in [1.29, 1.82) is 0 Å². The highest BCUT2D eigenvalue weighted by Crippen LogP contribution is 2.35. The van der Waals surface area contributed by atoms with Crippen LogP contribution in [0.5, 0.6) is 0 Å². The summed E-state index contributed by atoms with van der Waals surface area (Å²) < 4.78 is 1.50. The summed E-state index contributed by atoms with van der Waals surface area (Å²) in [6.07, 6.45) is 0. The maximum Gasteiger partial charge on any atom is 0.168 e. The van der Waals surface area contributed by atoms with Gasteiger partial charge < -0.3 is 0 Å².